The molecule has 1 rings (SSSR count). The van der Waals surface area contributed by atoms with Crippen molar-refractivity contribution in [1.82, 2.24) is 10.3 Å². The van der Waals surface area contributed by atoms with E-state index in [9.17, 15) is 19.1 Å². The predicted octanol–water partition coefficient (Wildman–Crippen LogP) is -0.214. The number of hydrogen-bond donors (Lipinski definition) is 3. The molecule has 0 aliphatic heterocycles. The Kier molecular flexibility index (Phi) is 3.74. The number of hydrogen-bond acceptors (Lipinski definition) is 4. The van der Waals surface area contributed by atoms with Gasteiger partial charge in [-0.15, -0.1) is 0 Å². The summed E-state index contributed by atoms with van der Waals surface area (Å²) < 4.78 is 12.5. The molecule has 0 fully saturated rings. The molecule has 1 atom stereocenters. The smallest absolute Gasteiger partial charge is 0.337 e. The maximum atomic E-state index is 12.5. The van der Waals surface area contributed by atoms with Gasteiger partial charge in [0.2, 0.25) is 5.95 Å². The molecule has 0 saturated carbocycles. The molecule has 1 unspecified atom stereocenters. The highest BCUT2D eigenvalue weighted by molar-refractivity contribution is 5.94. The number of carbonyl (C=O) groups is 2. The van der Waals surface area contributed by atoms with Gasteiger partial charge in [-0.05, 0) is 19.1 Å². The number of rotatable bonds is 4. The number of nitrogens with one attached hydrogen (secondary N) is 1. The molecule has 3 N–H and O–H groups in total. The zero-order valence-electron chi connectivity index (χ0n) is 8.98. The zero-order chi connectivity index (χ0) is 13.1. The number of carboxylic acid groups (broad SMARTS) is 1. The van der Waals surface area contributed by atoms with Crippen molar-refractivity contribution in [2.24, 2.45) is 0 Å². The predicted molar refractivity (Wildman–Crippen MR) is 54.8 cm³/mol. The van der Waals surface area contributed by atoms with E-state index < -0.39 is 30.0 Å². The van der Waals surface area contributed by atoms with E-state index in [0.717, 1.165) is 19.2 Å². The van der Waals surface area contributed by atoms with E-state index >= 15 is 0 Å². The van der Waals surface area contributed by atoms with Gasteiger partial charge in [0.1, 0.15) is 0 Å². The van der Waals surface area contributed by atoms with Crippen LogP contribution in [0.5, 0.6) is 0 Å². The van der Waals surface area contributed by atoms with Gasteiger partial charge in [0.15, 0.2) is 5.60 Å². The van der Waals surface area contributed by atoms with Crippen molar-refractivity contribution in [2.75, 3.05) is 6.54 Å². The number of carbonyl (C=O) groups excluding carboxylic acids is 1. The van der Waals surface area contributed by atoms with Crippen molar-refractivity contribution in [2.45, 2.75) is 12.5 Å². The minimum absolute atomic E-state index is 0.0765. The number of carboxylic acids is 1. The van der Waals surface area contributed by atoms with Gasteiger partial charge < -0.3 is 15.5 Å². The SMILES string of the molecule is CC(O)(CNC(=O)c1ccc(F)nc1)C(=O)O. The third kappa shape index (κ3) is 3.49. The van der Waals surface area contributed by atoms with Crippen LogP contribution in [-0.2, 0) is 4.79 Å². The summed E-state index contributed by atoms with van der Waals surface area (Å²) in [7, 11) is 0. The molecular weight excluding hydrogens is 231 g/mol. The normalized spacial score (nSPS) is 13.8. The first-order valence-electron chi connectivity index (χ1n) is 4.68. The summed E-state index contributed by atoms with van der Waals surface area (Å²) in [5, 5.41) is 20.1. The first-order valence-corrected chi connectivity index (χ1v) is 4.68. The van der Waals surface area contributed by atoms with E-state index in [4.69, 9.17) is 5.11 Å². The Morgan fingerprint density at radius 3 is 2.65 bits per heavy atom. The first kappa shape index (κ1) is 13.0. The van der Waals surface area contributed by atoms with Crippen molar-refractivity contribution < 1.29 is 24.2 Å². The largest absolute Gasteiger partial charge is 0.479 e. The molecule has 0 spiro atoms. The molecule has 1 heterocycles. The van der Waals surface area contributed by atoms with Crippen LogP contribution >= 0.6 is 0 Å². The molecule has 1 aromatic rings. The first-order chi connectivity index (χ1) is 7.83. The molecule has 0 bridgehead atoms. The third-order valence-electron chi connectivity index (χ3n) is 2.04. The van der Waals surface area contributed by atoms with Crippen molar-refractivity contribution in [1.29, 1.82) is 0 Å². The van der Waals surface area contributed by atoms with Crippen LogP contribution in [0.15, 0.2) is 18.3 Å². The van der Waals surface area contributed by atoms with Crippen LogP contribution in [0, 0.1) is 5.95 Å². The Bertz CT molecular complexity index is 430. The molecule has 7 heteroatoms. The van der Waals surface area contributed by atoms with Crippen LogP contribution in [-0.4, -0.2) is 39.2 Å². The lowest BCUT2D eigenvalue weighted by atomic mass is 10.1. The summed E-state index contributed by atoms with van der Waals surface area (Å²) in [5.41, 5.74) is -1.98. The van der Waals surface area contributed by atoms with Crippen LogP contribution in [0.4, 0.5) is 4.39 Å². The van der Waals surface area contributed by atoms with Crippen LogP contribution in [0.3, 0.4) is 0 Å². The van der Waals surface area contributed by atoms with Gasteiger partial charge in [-0.1, -0.05) is 0 Å². The van der Waals surface area contributed by atoms with Gasteiger partial charge in [0.25, 0.3) is 5.91 Å². The number of halogens is 1. The standard InChI is InChI=1S/C10H11FN2O4/c1-10(17,9(15)16)5-13-8(14)6-2-3-7(11)12-4-6/h2-4,17H,5H2,1H3,(H,13,14)(H,15,16). The highest BCUT2D eigenvalue weighted by Crippen LogP contribution is 2.03. The molecule has 0 radical (unpaired) electrons. The fraction of sp³-hybridized carbons (Fsp3) is 0.300. The number of aliphatic carboxylic acids is 1. The van der Waals surface area contributed by atoms with Crippen LogP contribution < -0.4 is 5.32 Å². The molecule has 6 nitrogen and oxygen atoms in total. The van der Waals surface area contributed by atoms with Crippen molar-refractivity contribution in [3.05, 3.63) is 29.8 Å². The highest BCUT2D eigenvalue weighted by Gasteiger charge is 2.30. The number of pyridine rings is 1. The van der Waals surface area contributed by atoms with Crippen LogP contribution in [0.1, 0.15) is 17.3 Å². The van der Waals surface area contributed by atoms with Gasteiger partial charge in [-0.3, -0.25) is 4.79 Å². The third-order valence-corrected chi connectivity index (χ3v) is 2.04. The van der Waals surface area contributed by atoms with Crippen LogP contribution in [0.2, 0.25) is 0 Å². The second kappa shape index (κ2) is 4.88. The minimum Gasteiger partial charge on any atom is -0.479 e. The number of aromatic nitrogens is 1. The molecule has 1 aromatic heterocycles. The second-order valence-electron chi connectivity index (χ2n) is 3.63. The molecule has 0 aliphatic rings. The highest BCUT2D eigenvalue weighted by atomic mass is 19.1. The fourth-order valence-electron chi connectivity index (χ4n) is 0.940. The summed E-state index contributed by atoms with van der Waals surface area (Å²) >= 11 is 0. The van der Waals surface area contributed by atoms with E-state index in [2.05, 4.69) is 10.3 Å². The second-order valence-corrected chi connectivity index (χ2v) is 3.63. The lowest BCUT2D eigenvalue weighted by Gasteiger charge is -2.18. The van der Waals surface area contributed by atoms with Crippen LogP contribution in [0.25, 0.3) is 0 Å². The molecular formula is C10H11FN2O4. The van der Waals surface area contributed by atoms with Crippen molar-refractivity contribution in [3.63, 3.8) is 0 Å². The number of nitrogens with zero attached hydrogens (tertiary/aromatic N) is 1. The van der Waals surface area contributed by atoms with Gasteiger partial charge >= 0.3 is 5.97 Å². The Morgan fingerprint density at radius 2 is 2.18 bits per heavy atom. The Balaban J connectivity index is 2.62. The summed E-state index contributed by atoms with van der Waals surface area (Å²) in [6, 6.07) is 2.21. The summed E-state index contributed by atoms with van der Waals surface area (Å²) in [6.45, 7) is 0.594. The molecule has 92 valence electrons. The lowest BCUT2D eigenvalue weighted by Crippen LogP contribution is -2.46. The Morgan fingerprint density at radius 1 is 1.53 bits per heavy atom. The molecule has 0 aliphatic carbocycles. The number of amides is 1. The zero-order valence-corrected chi connectivity index (χ0v) is 8.98. The van der Waals surface area contributed by atoms with E-state index in [-0.39, 0.29) is 5.56 Å². The lowest BCUT2D eigenvalue weighted by molar-refractivity contribution is -0.155. The van der Waals surface area contributed by atoms with Gasteiger partial charge in [0, 0.05) is 6.20 Å². The van der Waals surface area contributed by atoms with E-state index in [1.807, 2.05) is 0 Å². The van der Waals surface area contributed by atoms with Gasteiger partial charge in [-0.2, -0.15) is 4.39 Å². The van der Waals surface area contributed by atoms with E-state index in [1.165, 1.54) is 6.07 Å². The van der Waals surface area contributed by atoms with Crippen molar-refractivity contribution >= 4 is 11.9 Å². The average molecular weight is 242 g/mol. The maximum absolute atomic E-state index is 12.5. The molecule has 17 heavy (non-hydrogen) atoms. The van der Waals surface area contributed by atoms with Gasteiger partial charge in [0.05, 0.1) is 12.1 Å². The van der Waals surface area contributed by atoms with E-state index in [1.54, 1.807) is 0 Å². The average Bonchev–Trinajstić information content (AvgIpc) is 2.27. The van der Waals surface area contributed by atoms with Crippen molar-refractivity contribution in [3.8, 4) is 0 Å². The molecule has 0 saturated heterocycles. The summed E-state index contributed by atoms with van der Waals surface area (Å²) in [6.07, 6.45) is 1.01. The van der Waals surface area contributed by atoms with Gasteiger partial charge in [-0.25, -0.2) is 9.78 Å². The quantitative estimate of drug-likeness (QED) is 0.634. The monoisotopic (exact) mass is 242 g/mol. The minimum atomic E-state index is -2.05. The number of aliphatic hydroxyl groups is 1. The molecule has 1 amide bonds. The van der Waals surface area contributed by atoms with E-state index in [0.29, 0.717) is 0 Å². The fourth-order valence-corrected chi connectivity index (χ4v) is 0.940. The Labute approximate surface area is 96.1 Å². The maximum Gasteiger partial charge on any atom is 0.337 e. The topological polar surface area (TPSA) is 99.5 Å². The summed E-state index contributed by atoms with van der Waals surface area (Å²) in [4.78, 5) is 25.3. The molecule has 0 aromatic carbocycles. The Hall–Kier alpha value is -2.02. The summed E-state index contributed by atoms with van der Waals surface area (Å²) in [5.74, 6) is -2.81.